The monoisotopic (exact) mass is 304 g/mol. The fourth-order valence-electron chi connectivity index (χ4n) is 2.18. The molecule has 1 aromatic rings. The first kappa shape index (κ1) is 15.4. The Hall–Kier alpha value is -2.00. The molecule has 2 heterocycles. The zero-order valence-corrected chi connectivity index (χ0v) is 13.0. The minimum absolute atomic E-state index is 0.0461. The third-order valence-corrected chi connectivity index (χ3v) is 4.26. The van der Waals surface area contributed by atoms with Crippen molar-refractivity contribution >= 4 is 23.2 Å². The van der Waals surface area contributed by atoms with Gasteiger partial charge in [0.1, 0.15) is 6.54 Å². The molecule has 0 radical (unpaired) electrons. The molecule has 112 valence electrons. The lowest BCUT2D eigenvalue weighted by Crippen LogP contribution is -2.40. The van der Waals surface area contributed by atoms with Gasteiger partial charge in [-0.1, -0.05) is 5.92 Å². The van der Waals surface area contributed by atoms with Crippen molar-refractivity contribution in [3.63, 3.8) is 0 Å². The summed E-state index contributed by atoms with van der Waals surface area (Å²) in [5.41, 5.74) is 1.26. The van der Waals surface area contributed by atoms with E-state index in [0.717, 1.165) is 19.5 Å². The van der Waals surface area contributed by atoms with Crippen LogP contribution < -0.4 is 10.6 Å². The topological polar surface area (TPSA) is 56.7 Å². The second-order valence-electron chi connectivity index (χ2n) is 4.69. The SMILES string of the molecule is C#CCNC(=NCC(=O)N1CCc2sccc2C1)NCC. The van der Waals surface area contributed by atoms with E-state index in [0.29, 0.717) is 19.0 Å². The Bertz CT molecular complexity index is 558. The van der Waals surface area contributed by atoms with Crippen molar-refractivity contribution in [3.05, 3.63) is 21.9 Å². The van der Waals surface area contributed by atoms with Crippen molar-refractivity contribution in [1.82, 2.24) is 15.5 Å². The van der Waals surface area contributed by atoms with Crippen molar-refractivity contribution in [2.45, 2.75) is 19.9 Å². The molecule has 0 atom stereocenters. The van der Waals surface area contributed by atoms with Crippen LogP contribution in [0.4, 0.5) is 0 Å². The molecule has 0 bridgehead atoms. The van der Waals surface area contributed by atoms with Gasteiger partial charge in [0, 0.05) is 24.5 Å². The Kier molecular flexibility index (Phi) is 5.64. The molecule has 0 unspecified atom stereocenters. The van der Waals surface area contributed by atoms with Crippen LogP contribution >= 0.6 is 11.3 Å². The van der Waals surface area contributed by atoms with E-state index < -0.39 is 0 Å². The predicted octanol–water partition coefficient (Wildman–Crippen LogP) is 0.821. The van der Waals surface area contributed by atoms with Crippen molar-refractivity contribution in [1.29, 1.82) is 0 Å². The Morgan fingerprint density at radius 3 is 3.19 bits per heavy atom. The number of terminal acetylenes is 1. The number of nitrogens with zero attached hydrogens (tertiary/aromatic N) is 2. The zero-order valence-electron chi connectivity index (χ0n) is 12.2. The molecule has 0 fully saturated rings. The number of rotatable bonds is 4. The van der Waals surface area contributed by atoms with Gasteiger partial charge in [-0.3, -0.25) is 4.79 Å². The zero-order chi connectivity index (χ0) is 15.1. The van der Waals surface area contributed by atoms with Crippen LogP contribution in [0.5, 0.6) is 0 Å². The normalized spacial score (nSPS) is 14.3. The highest BCUT2D eigenvalue weighted by molar-refractivity contribution is 7.10. The van der Waals surface area contributed by atoms with Crippen LogP contribution in [-0.4, -0.2) is 42.9 Å². The molecule has 1 aliphatic heterocycles. The molecule has 0 aromatic carbocycles. The highest BCUT2D eigenvalue weighted by Crippen LogP contribution is 2.23. The molecule has 1 aliphatic rings. The molecular formula is C15H20N4OS. The second kappa shape index (κ2) is 7.70. The molecule has 0 spiro atoms. The molecule has 6 heteroatoms. The van der Waals surface area contributed by atoms with E-state index in [9.17, 15) is 4.79 Å². The van der Waals surface area contributed by atoms with Crippen molar-refractivity contribution < 1.29 is 4.79 Å². The number of aliphatic imine (C=N–C) groups is 1. The van der Waals surface area contributed by atoms with Gasteiger partial charge >= 0.3 is 0 Å². The average Bonchev–Trinajstić information content (AvgIpc) is 2.97. The van der Waals surface area contributed by atoms with E-state index in [1.807, 2.05) is 11.8 Å². The number of hydrogen-bond donors (Lipinski definition) is 2. The van der Waals surface area contributed by atoms with Crippen molar-refractivity contribution in [2.75, 3.05) is 26.2 Å². The third kappa shape index (κ3) is 4.23. The Balaban J connectivity index is 1.90. The minimum atomic E-state index is 0.0461. The summed E-state index contributed by atoms with van der Waals surface area (Å²) < 4.78 is 0. The molecule has 1 aromatic heterocycles. The Morgan fingerprint density at radius 1 is 1.57 bits per heavy atom. The van der Waals surface area contributed by atoms with E-state index in [1.54, 1.807) is 11.3 Å². The van der Waals surface area contributed by atoms with Crippen LogP contribution in [0.3, 0.4) is 0 Å². The van der Waals surface area contributed by atoms with Crippen LogP contribution in [0.2, 0.25) is 0 Å². The van der Waals surface area contributed by atoms with Crippen LogP contribution in [0.15, 0.2) is 16.4 Å². The van der Waals surface area contributed by atoms with Crippen LogP contribution in [0.1, 0.15) is 17.4 Å². The van der Waals surface area contributed by atoms with Gasteiger partial charge < -0.3 is 15.5 Å². The molecule has 1 amide bonds. The van der Waals surface area contributed by atoms with Gasteiger partial charge in [0.25, 0.3) is 0 Å². The standard InChI is InChI=1S/C15H20N4OS/c1-3-7-17-15(16-4-2)18-10-14(20)19-8-5-13-12(11-19)6-9-21-13/h1,6,9H,4-5,7-8,10-11H2,2H3,(H2,16,17,18). The molecule has 0 aliphatic carbocycles. The molecule has 2 rings (SSSR count). The number of carbonyl (C=O) groups excluding carboxylic acids is 1. The van der Waals surface area contributed by atoms with Crippen LogP contribution in [-0.2, 0) is 17.8 Å². The fourth-order valence-corrected chi connectivity index (χ4v) is 3.07. The number of thiophene rings is 1. The quantitative estimate of drug-likeness (QED) is 0.492. The highest BCUT2D eigenvalue weighted by Gasteiger charge is 2.21. The first-order valence-corrected chi connectivity index (χ1v) is 7.91. The Morgan fingerprint density at radius 2 is 2.43 bits per heavy atom. The van der Waals surface area contributed by atoms with Crippen LogP contribution in [0, 0.1) is 12.3 Å². The van der Waals surface area contributed by atoms with E-state index >= 15 is 0 Å². The maximum Gasteiger partial charge on any atom is 0.244 e. The molecule has 0 saturated heterocycles. The summed E-state index contributed by atoms with van der Waals surface area (Å²) >= 11 is 1.77. The summed E-state index contributed by atoms with van der Waals surface area (Å²) in [4.78, 5) is 19.8. The highest BCUT2D eigenvalue weighted by atomic mass is 32.1. The fraction of sp³-hybridized carbons (Fsp3) is 0.467. The average molecular weight is 304 g/mol. The molecule has 5 nitrogen and oxygen atoms in total. The summed E-state index contributed by atoms with van der Waals surface area (Å²) in [5.74, 6) is 3.12. The Labute approximate surface area is 129 Å². The lowest BCUT2D eigenvalue weighted by Gasteiger charge is -2.26. The number of carbonyl (C=O) groups is 1. The van der Waals surface area contributed by atoms with Crippen molar-refractivity contribution in [2.24, 2.45) is 4.99 Å². The largest absolute Gasteiger partial charge is 0.357 e. The van der Waals surface area contributed by atoms with E-state index in [2.05, 4.69) is 33.0 Å². The van der Waals surface area contributed by atoms with Crippen LogP contribution in [0.25, 0.3) is 0 Å². The van der Waals surface area contributed by atoms with E-state index in [1.165, 1.54) is 10.4 Å². The molecule has 2 N–H and O–H groups in total. The van der Waals surface area contributed by atoms with Gasteiger partial charge in [-0.15, -0.1) is 17.8 Å². The minimum Gasteiger partial charge on any atom is -0.357 e. The summed E-state index contributed by atoms with van der Waals surface area (Å²) in [6, 6.07) is 2.10. The number of hydrogen-bond acceptors (Lipinski definition) is 3. The molecule has 0 saturated carbocycles. The molecule has 21 heavy (non-hydrogen) atoms. The predicted molar refractivity (Wildman–Crippen MR) is 86.3 cm³/mol. The summed E-state index contributed by atoms with van der Waals surface area (Å²) in [6.45, 7) is 4.70. The number of nitrogens with one attached hydrogen (secondary N) is 2. The summed E-state index contributed by atoms with van der Waals surface area (Å²) in [5, 5.41) is 8.12. The number of fused-ring (bicyclic) bond motifs is 1. The summed E-state index contributed by atoms with van der Waals surface area (Å²) in [7, 11) is 0. The smallest absolute Gasteiger partial charge is 0.244 e. The lowest BCUT2D eigenvalue weighted by molar-refractivity contribution is -0.130. The number of guanidine groups is 1. The van der Waals surface area contributed by atoms with Crippen molar-refractivity contribution in [3.8, 4) is 12.3 Å². The van der Waals surface area contributed by atoms with Gasteiger partial charge in [-0.2, -0.15) is 0 Å². The van der Waals surface area contributed by atoms with E-state index in [4.69, 9.17) is 6.42 Å². The number of amides is 1. The lowest BCUT2D eigenvalue weighted by atomic mass is 10.1. The maximum atomic E-state index is 12.2. The van der Waals surface area contributed by atoms with Gasteiger partial charge in [0.05, 0.1) is 6.54 Å². The second-order valence-corrected chi connectivity index (χ2v) is 5.69. The van der Waals surface area contributed by atoms with Gasteiger partial charge in [0.15, 0.2) is 5.96 Å². The first-order valence-electron chi connectivity index (χ1n) is 7.03. The van der Waals surface area contributed by atoms with Gasteiger partial charge in [-0.05, 0) is 30.4 Å². The molecular weight excluding hydrogens is 284 g/mol. The van der Waals surface area contributed by atoms with Gasteiger partial charge in [0.2, 0.25) is 5.91 Å². The van der Waals surface area contributed by atoms with Gasteiger partial charge in [-0.25, -0.2) is 4.99 Å². The first-order chi connectivity index (χ1) is 10.2. The van der Waals surface area contributed by atoms with E-state index in [-0.39, 0.29) is 12.5 Å². The summed E-state index contributed by atoms with van der Waals surface area (Å²) in [6.07, 6.45) is 6.15. The third-order valence-electron chi connectivity index (χ3n) is 3.23. The maximum absolute atomic E-state index is 12.2.